The number of alkyl halides is 3. The second-order valence-electron chi connectivity index (χ2n) is 5.87. The van der Waals surface area contributed by atoms with Crippen molar-refractivity contribution in [3.63, 3.8) is 0 Å². The number of halogens is 3. The predicted octanol–water partition coefficient (Wildman–Crippen LogP) is 4.69. The zero-order valence-corrected chi connectivity index (χ0v) is 12.7. The van der Waals surface area contributed by atoms with Crippen LogP contribution in [0, 0.1) is 0 Å². The van der Waals surface area contributed by atoms with Crippen molar-refractivity contribution in [2.45, 2.75) is 18.8 Å². The molecule has 1 aliphatic heterocycles. The quantitative estimate of drug-likeness (QED) is 0.686. The van der Waals surface area contributed by atoms with Gasteiger partial charge in [-0.15, -0.1) is 0 Å². The van der Waals surface area contributed by atoms with E-state index in [1.165, 1.54) is 12.1 Å². The van der Waals surface area contributed by atoms with Crippen molar-refractivity contribution >= 4 is 0 Å². The Kier molecular flexibility index (Phi) is 3.46. The van der Waals surface area contributed by atoms with Crippen LogP contribution in [0.3, 0.4) is 0 Å². The number of rotatable bonds is 1. The van der Waals surface area contributed by atoms with E-state index in [9.17, 15) is 13.2 Å². The fourth-order valence-corrected chi connectivity index (χ4v) is 3.24. The molecule has 2 nitrogen and oxygen atoms in total. The molecule has 3 aromatic rings. The van der Waals surface area contributed by atoms with Crippen molar-refractivity contribution in [2.24, 2.45) is 0 Å². The van der Waals surface area contributed by atoms with E-state index >= 15 is 0 Å². The van der Waals surface area contributed by atoms with Crippen molar-refractivity contribution < 1.29 is 13.2 Å². The number of hydrogen-bond donors (Lipinski definition) is 1. The molecule has 0 unspecified atom stereocenters. The van der Waals surface area contributed by atoms with Crippen LogP contribution in [0.15, 0.2) is 66.9 Å². The number of nitrogens with zero attached hydrogens (tertiary/aromatic N) is 1. The van der Waals surface area contributed by atoms with Gasteiger partial charge in [0.25, 0.3) is 0 Å². The van der Waals surface area contributed by atoms with Gasteiger partial charge in [0.15, 0.2) is 0 Å². The van der Waals surface area contributed by atoms with Gasteiger partial charge in [-0.05, 0) is 41.5 Å². The molecule has 0 fully saturated rings. The summed E-state index contributed by atoms with van der Waals surface area (Å²) in [5.41, 5.74) is 3.09. The Labute approximate surface area is 137 Å². The molecule has 122 valence electrons. The highest BCUT2D eigenvalue weighted by atomic mass is 19.4. The molecule has 1 aliphatic rings. The van der Waals surface area contributed by atoms with Crippen molar-refractivity contribution in [1.29, 1.82) is 0 Å². The van der Waals surface area contributed by atoms with Crippen LogP contribution >= 0.6 is 0 Å². The maximum atomic E-state index is 13.0. The van der Waals surface area contributed by atoms with E-state index in [1.807, 2.05) is 47.2 Å². The molecule has 0 radical (unpaired) electrons. The van der Waals surface area contributed by atoms with Gasteiger partial charge in [0.2, 0.25) is 0 Å². The van der Waals surface area contributed by atoms with Gasteiger partial charge in [-0.25, -0.2) is 0 Å². The van der Waals surface area contributed by atoms with E-state index < -0.39 is 11.7 Å². The van der Waals surface area contributed by atoms with Gasteiger partial charge in [0.05, 0.1) is 11.6 Å². The lowest BCUT2D eigenvalue weighted by molar-refractivity contribution is -0.137. The minimum absolute atomic E-state index is 0.297. The van der Waals surface area contributed by atoms with Gasteiger partial charge >= 0.3 is 6.18 Å². The number of para-hydroxylation sites is 1. The van der Waals surface area contributed by atoms with E-state index in [4.69, 9.17) is 0 Å². The first-order chi connectivity index (χ1) is 11.5. The summed E-state index contributed by atoms with van der Waals surface area (Å²) in [6.45, 7) is 0.596. The Morgan fingerprint density at radius 2 is 1.79 bits per heavy atom. The highest BCUT2D eigenvalue weighted by Gasteiger charge is 2.31. The highest BCUT2D eigenvalue weighted by molar-refractivity contribution is 5.47. The second-order valence-corrected chi connectivity index (χ2v) is 5.87. The minimum Gasteiger partial charge on any atom is -0.319 e. The van der Waals surface area contributed by atoms with Gasteiger partial charge < -0.3 is 9.88 Å². The van der Waals surface area contributed by atoms with Crippen LogP contribution in [0.1, 0.15) is 28.4 Å². The zero-order chi connectivity index (χ0) is 16.7. The SMILES string of the molecule is FC(F)(F)c1cccc([C@H]2NCc3ccccc3-n3cccc32)c1. The van der Waals surface area contributed by atoms with Gasteiger partial charge in [-0.2, -0.15) is 13.2 Å². The Morgan fingerprint density at radius 3 is 2.62 bits per heavy atom. The third kappa shape index (κ3) is 2.51. The van der Waals surface area contributed by atoms with Crippen molar-refractivity contribution in [2.75, 3.05) is 0 Å². The smallest absolute Gasteiger partial charge is 0.319 e. The summed E-state index contributed by atoms with van der Waals surface area (Å²) >= 11 is 0. The standard InChI is InChI=1S/C19H15F3N2/c20-19(21,22)15-7-3-6-13(11-15)18-17-9-4-10-24(17)16-8-2-1-5-14(16)12-23-18/h1-11,18,23H,12H2/t18-/m1/s1. The lowest BCUT2D eigenvalue weighted by Gasteiger charge is -2.19. The molecular formula is C19H15F3N2. The Morgan fingerprint density at radius 1 is 0.958 bits per heavy atom. The van der Waals surface area contributed by atoms with Crippen LogP contribution < -0.4 is 5.32 Å². The first-order valence-corrected chi connectivity index (χ1v) is 7.70. The van der Waals surface area contributed by atoms with Crippen LogP contribution in [-0.4, -0.2) is 4.57 Å². The predicted molar refractivity (Wildman–Crippen MR) is 85.9 cm³/mol. The molecule has 0 spiro atoms. The maximum absolute atomic E-state index is 13.0. The number of hydrogen-bond acceptors (Lipinski definition) is 1. The van der Waals surface area contributed by atoms with Crippen LogP contribution in [0.4, 0.5) is 13.2 Å². The molecule has 24 heavy (non-hydrogen) atoms. The van der Waals surface area contributed by atoms with Crippen molar-refractivity contribution in [1.82, 2.24) is 9.88 Å². The molecule has 5 heteroatoms. The molecule has 0 saturated carbocycles. The molecule has 2 heterocycles. The monoisotopic (exact) mass is 328 g/mol. The summed E-state index contributed by atoms with van der Waals surface area (Å²) < 4.78 is 41.2. The second kappa shape index (κ2) is 5.53. The molecule has 0 aliphatic carbocycles. The maximum Gasteiger partial charge on any atom is 0.416 e. The van der Waals surface area contributed by atoms with Crippen molar-refractivity contribution in [3.05, 3.63) is 89.2 Å². The lowest BCUT2D eigenvalue weighted by atomic mass is 10.0. The molecule has 1 aromatic heterocycles. The van der Waals surface area contributed by atoms with Gasteiger partial charge in [0.1, 0.15) is 0 Å². The van der Waals surface area contributed by atoms with Crippen LogP contribution in [0.25, 0.3) is 5.69 Å². The largest absolute Gasteiger partial charge is 0.416 e. The molecule has 4 rings (SSSR count). The van der Waals surface area contributed by atoms with Crippen LogP contribution in [0.2, 0.25) is 0 Å². The normalized spacial score (nSPS) is 17.0. The lowest BCUT2D eigenvalue weighted by Crippen LogP contribution is -2.21. The number of nitrogens with one attached hydrogen (secondary N) is 1. The summed E-state index contributed by atoms with van der Waals surface area (Å²) in [5, 5.41) is 3.39. The van der Waals surface area contributed by atoms with E-state index in [0.29, 0.717) is 12.1 Å². The summed E-state index contributed by atoms with van der Waals surface area (Å²) in [6, 6.07) is 17.1. The topological polar surface area (TPSA) is 17.0 Å². The third-order valence-electron chi connectivity index (χ3n) is 4.37. The van der Waals surface area contributed by atoms with Gasteiger partial charge in [0, 0.05) is 24.1 Å². The van der Waals surface area contributed by atoms with E-state index in [2.05, 4.69) is 5.32 Å². The Hall–Kier alpha value is -2.53. The Bertz CT molecular complexity index is 880. The van der Waals surface area contributed by atoms with E-state index in [-0.39, 0.29) is 6.04 Å². The zero-order valence-electron chi connectivity index (χ0n) is 12.7. The molecule has 0 saturated heterocycles. The van der Waals surface area contributed by atoms with E-state index in [0.717, 1.165) is 23.0 Å². The first kappa shape index (κ1) is 15.0. The fraction of sp³-hybridized carbons (Fsp3) is 0.158. The Balaban J connectivity index is 1.82. The fourth-order valence-electron chi connectivity index (χ4n) is 3.24. The average molecular weight is 328 g/mol. The summed E-state index contributed by atoms with van der Waals surface area (Å²) in [7, 11) is 0. The summed E-state index contributed by atoms with van der Waals surface area (Å²) in [5.74, 6) is 0. The van der Waals surface area contributed by atoms with E-state index in [1.54, 1.807) is 6.07 Å². The molecule has 1 N–H and O–H groups in total. The summed E-state index contributed by atoms with van der Waals surface area (Å²) in [6.07, 6.45) is -2.40. The number of fused-ring (bicyclic) bond motifs is 3. The summed E-state index contributed by atoms with van der Waals surface area (Å²) in [4.78, 5) is 0. The number of benzene rings is 2. The van der Waals surface area contributed by atoms with Crippen LogP contribution in [0.5, 0.6) is 0 Å². The molecule has 2 aromatic carbocycles. The molecule has 1 atom stereocenters. The van der Waals surface area contributed by atoms with Crippen molar-refractivity contribution in [3.8, 4) is 5.69 Å². The molecular weight excluding hydrogens is 313 g/mol. The average Bonchev–Trinajstić information content (AvgIpc) is 2.99. The van der Waals surface area contributed by atoms with Gasteiger partial charge in [-0.1, -0.05) is 30.3 Å². The molecule has 0 amide bonds. The first-order valence-electron chi connectivity index (χ1n) is 7.70. The highest BCUT2D eigenvalue weighted by Crippen LogP contribution is 2.34. The minimum atomic E-state index is -4.34. The van der Waals surface area contributed by atoms with Crippen LogP contribution in [-0.2, 0) is 12.7 Å². The van der Waals surface area contributed by atoms with Gasteiger partial charge in [-0.3, -0.25) is 0 Å². The third-order valence-corrected chi connectivity index (χ3v) is 4.37. The number of aromatic nitrogens is 1. The molecule has 0 bridgehead atoms.